The monoisotopic (exact) mass is 258 g/mol. The summed E-state index contributed by atoms with van der Waals surface area (Å²) in [5.41, 5.74) is 1.90. The van der Waals surface area contributed by atoms with E-state index < -0.39 is 5.97 Å². The maximum Gasteiger partial charge on any atom is 0.335 e. The number of hydrogen-bond donors (Lipinski definition) is 1. The second-order valence-corrected chi connectivity index (χ2v) is 3.98. The summed E-state index contributed by atoms with van der Waals surface area (Å²) in [7, 11) is 3.11. The Morgan fingerprint density at radius 3 is 2.05 bits per heavy atom. The molecule has 0 spiro atoms. The van der Waals surface area contributed by atoms with Crippen molar-refractivity contribution in [3.8, 4) is 22.6 Å². The van der Waals surface area contributed by atoms with E-state index in [2.05, 4.69) is 0 Å². The molecule has 0 amide bonds. The third-order valence-corrected chi connectivity index (χ3v) is 2.81. The molecule has 0 atom stereocenters. The van der Waals surface area contributed by atoms with Gasteiger partial charge in [0.25, 0.3) is 0 Å². The van der Waals surface area contributed by atoms with Crippen LogP contribution in [0.1, 0.15) is 10.4 Å². The van der Waals surface area contributed by atoms with Crippen molar-refractivity contribution < 1.29 is 19.4 Å². The highest BCUT2D eigenvalue weighted by molar-refractivity contribution is 5.90. The zero-order chi connectivity index (χ0) is 13.8. The lowest BCUT2D eigenvalue weighted by molar-refractivity contribution is 0.0696. The minimum absolute atomic E-state index is 0.199. The molecule has 0 aromatic heterocycles. The molecule has 1 N–H and O–H groups in total. The molecule has 0 fully saturated rings. The summed E-state index contributed by atoms with van der Waals surface area (Å²) in [4.78, 5) is 11.1. The molecule has 4 heteroatoms. The van der Waals surface area contributed by atoms with Crippen molar-refractivity contribution in [2.24, 2.45) is 0 Å². The van der Waals surface area contributed by atoms with Crippen molar-refractivity contribution in [3.05, 3.63) is 48.0 Å². The van der Waals surface area contributed by atoms with Crippen molar-refractivity contribution in [2.75, 3.05) is 14.2 Å². The molecule has 0 saturated heterocycles. The van der Waals surface area contributed by atoms with Crippen molar-refractivity contribution in [1.82, 2.24) is 0 Å². The second kappa shape index (κ2) is 5.44. The Morgan fingerprint density at radius 1 is 0.895 bits per heavy atom. The third kappa shape index (κ3) is 2.85. The maximum absolute atomic E-state index is 11.1. The Balaban J connectivity index is 2.47. The first-order valence-electron chi connectivity index (χ1n) is 5.71. The van der Waals surface area contributed by atoms with Crippen molar-refractivity contribution in [1.29, 1.82) is 0 Å². The molecule has 2 aromatic rings. The Bertz CT molecular complexity index is 588. The largest absolute Gasteiger partial charge is 0.497 e. The summed E-state index contributed by atoms with van der Waals surface area (Å²) in [5.74, 6) is 0.296. The molecule has 2 aromatic carbocycles. The van der Waals surface area contributed by atoms with Gasteiger partial charge in [-0.3, -0.25) is 0 Å². The lowest BCUT2D eigenvalue weighted by Crippen LogP contribution is -1.97. The average Bonchev–Trinajstić information content (AvgIpc) is 2.46. The number of carbonyl (C=O) groups is 1. The fourth-order valence-corrected chi connectivity index (χ4v) is 1.79. The second-order valence-electron chi connectivity index (χ2n) is 3.98. The molecular formula is C15H14O4. The number of rotatable bonds is 4. The van der Waals surface area contributed by atoms with Crippen LogP contribution in [0.3, 0.4) is 0 Å². The van der Waals surface area contributed by atoms with Crippen LogP contribution in [-0.4, -0.2) is 25.3 Å². The molecule has 0 aliphatic rings. The van der Waals surface area contributed by atoms with E-state index in [9.17, 15) is 4.79 Å². The van der Waals surface area contributed by atoms with Gasteiger partial charge in [-0.25, -0.2) is 4.79 Å². The summed E-state index contributed by atoms with van der Waals surface area (Å²) in [6.07, 6.45) is 0. The normalized spacial score (nSPS) is 10.0. The van der Waals surface area contributed by atoms with E-state index in [1.165, 1.54) is 13.2 Å². The van der Waals surface area contributed by atoms with E-state index in [1.54, 1.807) is 19.2 Å². The summed E-state index contributed by atoms with van der Waals surface area (Å²) < 4.78 is 10.2. The van der Waals surface area contributed by atoms with Gasteiger partial charge < -0.3 is 14.6 Å². The third-order valence-electron chi connectivity index (χ3n) is 2.81. The molecule has 19 heavy (non-hydrogen) atoms. The van der Waals surface area contributed by atoms with Crippen LogP contribution in [0.15, 0.2) is 42.5 Å². The Hall–Kier alpha value is -2.49. The van der Waals surface area contributed by atoms with Gasteiger partial charge in [-0.05, 0) is 41.5 Å². The molecule has 0 saturated carbocycles. The summed E-state index contributed by atoms with van der Waals surface area (Å²) in [6.45, 7) is 0. The molecular weight excluding hydrogens is 244 g/mol. The van der Waals surface area contributed by atoms with E-state index in [0.717, 1.165) is 16.9 Å². The maximum atomic E-state index is 11.1. The lowest BCUT2D eigenvalue weighted by Gasteiger charge is -2.08. The molecule has 0 aliphatic carbocycles. The molecule has 2 rings (SSSR count). The fraction of sp³-hybridized carbons (Fsp3) is 0.133. The van der Waals surface area contributed by atoms with Crippen LogP contribution in [0.25, 0.3) is 11.1 Å². The quantitative estimate of drug-likeness (QED) is 0.915. The molecule has 98 valence electrons. The van der Waals surface area contributed by atoms with Crippen LogP contribution in [-0.2, 0) is 0 Å². The van der Waals surface area contributed by atoms with E-state index in [-0.39, 0.29) is 5.56 Å². The summed E-state index contributed by atoms with van der Waals surface area (Å²) in [6, 6.07) is 12.3. The van der Waals surface area contributed by atoms with E-state index in [0.29, 0.717) is 5.75 Å². The van der Waals surface area contributed by atoms with Crippen LogP contribution >= 0.6 is 0 Å². The molecule has 0 bridgehead atoms. The van der Waals surface area contributed by atoms with Crippen LogP contribution < -0.4 is 9.47 Å². The van der Waals surface area contributed by atoms with E-state index in [1.807, 2.05) is 24.3 Å². The zero-order valence-corrected chi connectivity index (χ0v) is 10.7. The number of methoxy groups -OCH3 is 2. The number of ether oxygens (including phenoxy) is 2. The van der Waals surface area contributed by atoms with Crippen LogP contribution in [0, 0.1) is 0 Å². The van der Waals surface area contributed by atoms with E-state index >= 15 is 0 Å². The molecule has 0 radical (unpaired) electrons. The van der Waals surface area contributed by atoms with Crippen molar-refractivity contribution >= 4 is 5.97 Å². The summed E-state index contributed by atoms with van der Waals surface area (Å²) in [5, 5.41) is 9.08. The molecule has 0 aliphatic heterocycles. The Morgan fingerprint density at radius 2 is 1.53 bits per heavy atom. The van der Waals surface area contributed by atoms with Gasteiger partial charge in [-0.15, -0.1) is 0 Å². The number of carboxylic acid groups (broad SMARTS) is 1. The Kier molecular flexibility index (Phi) is 3.71. The number of aromatic carboxylic acids is 1. The average molecular weight is 258 g/mol. The SMILES string of the molecule is COc1ccc(-c2cc(OC)cc(C(=O)O)c2)cc1. The topological polar surface area (TPSA) is 55.8 Å². The first kappa shape index (κ1) is 13.0. The Labute approximate surface area is 111 Å². The van der Waals surface area contributed by atoms with Gasteiger partial charge in [0.05, 0.1) is 19.8 Å². The molecule has 0 heterocycles. The van der Waals surface area contributed by atoms with Crippen LogP contribution in [0.5, 0.6) is 11.5 Å². The minimum atomic E-state index is -0.978. The standard InChI is InChI=1S/C15H14O4/c1-18-13-5-3-10(4-6-13)11-7-12(15(16)17)9-14(8-11)19-2/h3-9H,1-2H3,(H,16,17). The first-order chi connectivity index (χ1) is 9.13. The smallest absolute Gasteiger partial charge is 0.335 e. The van der Waals surface area contributed by atoms with E-state index in [4.69, 9.17) is 14.6 Å². The van der Waals surface area contributed by atoms with Gasteiger partial charge in [0.1, 0.15) is 11.5 Å². The predicted molar refractivity (Wildman–Crippen MR) is 71.9 cm³/mol. The predicted octanol–water partition coefficient (Wildman–Crippen LogP) is 3.07. The molecule has 4 nitrogen and oxygen atoms in total. The zero-order valence-electron chi connectivity index (χ0n) is 10.7. The summed E-state index contributed by atoms with van der Waals surface area (Å²) >= 11 is 0. The van der Waals surface area contributed by atoms with Gasteiger partial charge in [-0.2, -0.15) is 0 Å². The van der Waals surface area contributed by atoms with Gasteiger partial charge in [0.2, 0.25) is 0 Å². The highest BCUT2D eigenvalue weighted by Crippen LogP contribution is 2.27. The van der Waals surface area contributed by atoms with Crippen molar-refractivity contribution in [3.63, 3.8) is 0 Å². The first-order valence-corrected chi connectivity index (χ1v) is 5.71. The molecule has 0 unspecified atom stereocenters. The number of hydrogen-bond acceptors (Lipinski definition) is 3. The van der Waals surface area contributed by atoms with Gasteiger partial charge in [0, 0.05) is 0 Å². The number of benzene rings is 2. The lowest BCUT2D eigenvalue weighted by atomic mass is 10.0. The van der Waals surface area contributed by atoms with Crippen LogP contribution in [0.4, 0.5) is 0 Å². The minimum Gasteiger partial charge on any atom is -0.497 e. The van der Waals surface area contributed by atoms with Crippen LogP contribution in [0.2, 0.25) is 0 Å². The van der Waals surface area contributed by atoms with Gasteiger partial charge >= 0.3 is 5.97 Å². The van der Waals surface area contributed by atoms with Gasteiger partial charge in [0.15, 0.2) is 0 Å². The van der Waals surface area contributed by atoms with Crippen molar-refractivity contribution in [2.45, 2.75) is 0 Å². The number of carboxylic acids is 1. The van der Waals surface area contributed by atoms with Gasteiger partial charge in [-0.1, -0.05) is 12.1 Å². The highest BCUT2D eigenvalue weighted by Gasteiger charge is 2.09. The fourth-order valence-electron chi connectivity index (χ4n) is 1.79. The highest BCUT2D eigenvalue weighted by atomic mass is 16.5.